The van der Waals surface area contributed by atoms with E-state index in [0.29, 0.717) is 18.7 Å². The van der Waals surface area contributed by atoms with Crippen LogP contribution in [0.5, 0.6) is 0 Å². The number of allylic oxidation sites excluding steroid dienone is 1. The molecule has 4 aromatic rings. The summed E-state index contributed by atoms with van der Waals surface area (Å²) in [6.07, 6.45) is 12.2. The molecule has 0 spiro atoms. The summed E-state index contributed by atoms with van der Waals surface area (Å²) in [5, 5.41) is 0. The summed E-state index contributed by atoms with van der Waals surface area (Å²) < 4.78 is 6.78. The predicted octanol–water partition coefficient (Wildman–Crippen LogP) is 11.9. The van der Waals surface area contributed by atoms with Crippen LogP contribution in [0.2, 0.25) is 0 Å². The van der Waals surface area contributed by atoms with E-state index >= 15 is 0 Å². The third kappa shape index (κ3) is 12.3. The number of carbonyl (C=O) groups excluding carboxylic acids is 4. The molecule has 0 aromatic heterocycles. The van der Waals surface area contributed by atoms with Crippen LogP contribution < -0.4 is 9.80 Å². The summed E-state index contributed by atoms with van der Waals surface area (Å²) in [6, 6.07) is 31.4. The molecule has 2 saturated carbocycles. The van der Waals surface area contributed by atoms with Gasteiger partial charge in [0.15, 0.2) is 5.78 Å². The van der Waals surface area contributed by atoms with Crippen molar-refractivity contribution in [2.45, 2.75) is 91.1 Å². The fraction of sp³-hybridized carbons (Fsp3) is 0.362. The van der Waals surface area contributed by atoms with Gasteiger partial charge in [0.2, 0.25) is 11.8 Å². The first-order chi connectivity index (χ1) is 27.0. The average molecular weight is 885 g/mol. The first-order valence-electron chi connectivity index (χ1n) is 19.6. The molecule has 7 nitrogen and oxygen atoms in total. The molecule has 0 heterocycles. The molecule has 2 aliphatic rings. The van der Waals surface area contributed by atoms with Crippen LogP contribution in [0.4, 0.5) is 11.4 Å². The van der Waals surface area contributed by atoms with Crippen LogP contribution in [0.3, 0.4) is 0 Å². The molecule has 2 aliphatic carbocycles. The Morgan fingerprint density at radius 3 is 1.43 bits per heavy atom. The van der Waals surface area contributed by atoms with E-state index in [1.54, 1.807) is 13.0 Å². The SMILES string of the molecule is CC(=O)c1cccc(N(Cc2ccc(Br)cc2)C(=O)C2CCCCC2)c1.COC(=O)/C=C(\C)c1cccc(N(Cc2ccc(Br)cc2)C(=O)C2CCCCC2)c1. The molecule has 0 N–H and O–H groups in total. The van der Waals surface area contributed by atoms with Crippen LogP contribution in [0.15, 0.2) is 112 Å². The normalized spacial score (nSPS) is 14.9. The second-order valence-electron chi connectivity index (χ2n) is 14.8. The summed E-state index contributed by atoms with van der Waals surface area (Å²) in [5.41, 5.74) is 6.15. The number of carbonyl (C=O) groups is 4. The van der Waals surface area contributed by atoms with Crippen LogP contribution >= 0.6 is 31.9 Å². The van der Waals surface area contributed by atoms with E-state index in [1.807, 2.05) is 108 Å². The van der Waals surface area contributed by atoms with Crippen LogP contribution in [0, 0.1) is 11.8 Å². The summed E-state index contributed by atoms with van der Waals surface area (Å²) in [7, 11) is 1.37. The van der Waals surface area contributed by atoms with Gasteiger partial charge in [-0.2, -0.15) is 0 Å². The summed E-state index contributed by atoms with van der Waals surface area (Å²) in [4.78, 5) is 53.9. The molecule has 0 unspecified atom stereocenters. The van der Waals surface area contributed by atoms with E-state index in [4.69, 9.17) is 4.74 Å². The number of halogens is 2. The minimum Gasteiger partial charge on any atom is -0.466 e. The number of ketones is 1. The molecule has 56 heavy (non-hydrogen) atoms. The number of methoxy groups -OCH3 is 1. The lowest BCUT2D eigenvalue weighted by atomic mass is 9.88. The lowest BCUT2D eigenvalue weighted by Gasteiger charge is -2.30. The maximum atomic E-state index is 13.5. The van der Waals surface area contributed by atoms with Gasteiger partial charge in [0, 0.05) is 43.8 Å². The maximum Gasteiger partial charge on any atom is 0.330 e. The van der Waals surface area contributed by atoms with Gasteiger partial charge in [-0.15, -0.1) is 0 Å². The van der Waals surface area contributed by atoms with Crippen molar-refractivity contribution < 1.29 is 23.9 Å². The van der Waals surface area contributed by atoms with Crippen molar-refractivity contribution in [3.05, 3.63) is 134 Å². The number of amides is 2. The van der Waals surface area contributed by atoms with Crippen LogP contribution in [-0.2, 0) is 32.2 Å². The molecule has 9 heteroatoms. The second-order valence-corrected chi connectivity index (χ2v) is 16.6. The van der Waals surface area contributed by atoms with Crippen molar-refractivity contribution in [3.63, 3.8) is 0 Å². The van der Waals surface area contributed by atoms with Crippen molar-refractivity contribution in [2.75, 3.05) is 16.9 Å². The van der Waals surface area contributed by atoms with Gasteiger partial charge in [-0.25, -0.2) is 4.79 Å². The number of nitrogens with zero attached hydrogens (tertiary/aromatic N) is 2. The predicted molar refractivity (Wildman–Crippen MR) is 232 cm³/mol. The van der Waals surface area contributed by atoms with Gasteiger partial charge in [0.05, 0.1) is 20.2 Å². The number of anilines is 2. The Morgan fingerprint density at radius 2 is 1.02 bits per heavy atom. The number of benzene rings is 4. The third-order valence-electron chi connectivity index (χ3n) is 10.7. The van der Waals surface area contributed by atoms with E-state index in [-0.39, 0.29) is 35.4 Å². The Kier molecular flexibility index (Phi) is 16.2. The Balaban J connectivity index is 0.000000216. The van der Waals surface area contributed by atoms with Gasteiger partial charge in [-0.05, 0) is 110 Å². The zero-order valence-electron chi connectivity index (χ0n) is 32.6. The van der Waals surface area contributed by atoms with E-state index in [2.05, 4.69) is 31.9 Å². The van der Waals surface area contributed by atoms with Crippen molar-refractivity contribution in [1.29, 1.82) is 0 Å². The lowest BCUT2D eigenvalue weighted by molar-refractivity contribution is -0.134. The largest absolute Gasteiger partial charge is 0.466 e. The number of hydrogen-bond donors (Lipinski definition) is 0. The van der Waals surface area contributed by atoms with Gasteiger partial charge in [-0.3, -0.25) is 14.4 Å². The zero-order valence-corrected chi connectivity index (χ0v) is 35.8. The average Bonchev–Trinajstić information content (AvgIpc) is 3.23. The van der Waals surface area contributed by atoms with Gasteiger partial charge < -0.3 is 14.5 Å². The van der Waals surface area contributed by atoms with Crippen LogP contribution in [-0.4, -0.2) is 30.7 Å². The minimum absolute atomic E-state index is 0.0144. The smallest absolute Gasteiger partial charge is 0.330 e. The molecule has 0 atom stereocenters. The molecular formula is C47H52Br2N2O5. The number of ether oxygens (including phenoxy) is 1. The highest BCUT2D eigenvalue weighted by Gasteiger charge is 2.29. The Morgan fingerprint density at radius 1 is 0.607 bits per heavy atom. The molecule has 6 rings (SSSR count). The van der Waals surface area contributed by atoms with E-state index in [0.717, 1.165) is 94.0 Å². The molecule has 294 valence electrons. The quantitative estimate of drug-likeness (QED) is 0.0851. The fourth-order valence-electron chi connectivity index (χ4n) is 7.41. The third-order valence-corrected chi connectivity index (χ3v) is 11.7. The van der Waals surface area contributed by atoms with Crippen molar-refractivity contribution in [2.24, 2.45) is 11.8 Å². The van der Waals surface area contributed by atoms with Crippen molar-refractivity contribution in [3.8, 4) is 0 Å². The molecule has 0 aliphatic heterocycles. The van der Waals surface area contributed by atoms with Crippen LogP contribution in [0.25, 0.3) is 5.57 Å². The molecule has 2 amide bonds. The highest BCUT2D eigenvalue weighted by atomic mass is 79.9. The highest BCUT2D eigenvalue weighted by Crippen LogP contribution is 2.32. The number of hydrogen-bond acceptors (Lipinski definition) is 5. The molecule has 0 bridgehead atoms. The number of Topliss-reactive ketones (excluding diaryl/α,β-unsaturated/α-hetero) is 1. The number of rotatable bonds is 11. The molecule has 2 fully saturated rings. The summed E-state index contributed by atoms with van der Waals surface area (Å²) in [5.74, 6) is 0.144. The van der Waals surface area contributed by atoms with Gasteiger partial charge in [0.1, 0.15) is 0 Å². The van der Waals surface area contributed by atoms with E-state index < -0.39 is 0 Å². The van der Waals surface area contributed by atoms with Gasteiger partial charge in [-0.1, -0.05) is 119 Å². The highest BCUT2D eigenvalue weighted by molar-refractivity contribution is 9.10. The van der Waals surface area contributed by atoms with Crippen molar-refractivity contribution in [1.82, 2.24) is 0 Å². The van der Waals surface area contributed by atoms with Gasteiger partial charge >= 0.3 is 5.97 Å². The molecule has 0 radical (unpaired) electrons. The Bertz CT molecular complexity index is 1980. The van der Waals surface area contributed by atoms with E-state index in [1.165, 1.54) is 26.0 Å². The standard InChI is InChI=1S/C25H28BrNO3.C22H24BrNO2/c1-18(15-24(28)30-2)21-9-6-10-23(16-21)27(17-19-11-13-22(26)14-12-19)25(29)20-7-4-3-5-8-20;1-16(25)19-8-5-9-21(14-19)24(15-17-10-12-20(23)13-11-17)22(26)18-6-3-2-4-7-18/h6,9-16,20H,3-5,7-8,17H2,1-2H3;5,8-14,18H,2-4,6-7,15H2,1H3/b18-15+;. The summed E-state index contributed by atoms with van der Waals surface area (Å²) in [6.45, 7) is 4.47. The first-order valence-corrected chi connectivity index (χ1v) is 21.2. The minimum atomic E-state index is -0.386. The topological polar surface area (TPSA) is 84.0 Å². The fourth-order valence-corrected chi connectivity index (χ4v) is 7.94. The molecular weight excluding hydrogens is 832 g/mol. The molecule has 0 saturated heterocycles. The maximum absolute atomic E-state index is 13.5. The Hall–Kier alpha value is -4.34. The summed E-state index contributed by atoms with van der Waals surface area (Å²) >= 11 is 6.93. The van der Waals surface area contributed by atoms with Gasteiger partial charge in [0.25, 0.3) is 0 Å². The number of esters is 1. The second kappa shape index (κ2) is 21.3. The Labute approximate surface area is 348 Å². The monoisotopic (exact) mass is 882 g/mol. The lowest BCUT2D eigenvalue weighted by Crippen LogP contribution is -2.36. The first kappa shape index (κ1) is 42.8. The van der Waals surface area contributed by atoms with E-state index in [9.17, 15) is 19.2 Å². The molecule has 4 aromatic carbocycles. The zero-order chi connectivity index (χ0) is 40.0. The van der Waals surface area contributed by atoms with Crippen LogP contribution in [0.1, 0.15) is 105 Å². The van der Waals surface area contributed by atoms with Crippen molar-refractivity contribution >= 4 is 72.4 Å².